The predicted octanol–water partition coefficient (Wildman–Crippen LogP) is 3.23. The van der Waals surface area contributed by atoms with Gasteiger partial charge in [0.25, 0.3) is 0 Å². The van der Waals surface area contributed by atoms with Crippen LogP contribution in [0.25, 0.3) is 0 Å². The second-order valence-corrected chi connectivity index (χ2v) is 4.30. The van der Waals surface area contributed by atoms with Crippen molar-refractivity contribution in [3.63, 3.8) is 0 Å². The van der Waals surface area contributed by atoms with Crippen LogP contribution < -0.4 is 0 Å². The van der Waals surface area contributed by atoms with Crippen LogP contribution in [-0.2, 0) is 22.1 Å². The van der Waals surface area contributed by atoms with Crippen molar-refractivity contribution in [1.29, 1.82) is 0 Å². The fourth-order valence-corrected chi connectivity index (χ4v) is 1.64. The fourth-order valence-electron chi connectivity index (χ4n) is 1.64. The van der Waals surface area contributed by atoms with Crippen LogP contribution in [0.1, 0.15) is 17.0 Å². The lowest BCUT2D eigenvalue weighted by molar-refractivity contribution is -0.175. The van der Waals surface area contributed by atoms with Gasteiger partial charge in [-0.15, -0.1) is 0 Å². The molecular weight excluding hydrogens is 264 g/mol. The molecule has 1 aromatic heterocycles. The lowest BCUT2D eigenvalue weighted by Crippen LogP contribution is -2.29. The smallest absolute Gasteiger partial charge is 0.384 e. The Kier molecular flexibility index (Phi) is 4.08. The lowest BCUT2D eigenvalue weighted by atomic mass is 10.2. The Morgan fingerprint density at radius 3 is 2.50 bits per heavy atom. The van der Waals surface area contributed by atoms with Crippen LogP contribution >= 0.6 is 0 Å². The molecule has 0 saturated heterocycles. The number of hydrogen-bond donors (Lipinski definition) is 0. The van der Waals surface area contributed by atoms with Crippen molar-refractivity contribution in [2.24, 2.45) is 0 Å². The SMILES string of the molecule is Cc1cccc(C(F)(F)C(=O)OCc2ccccc2)n1. The molecule has 0 bridgehead atoms. The summed E-state index contributed by atoms with van der Waals surface area (Å²) in [5.41, 5.74) is 0.461. The molecule has 0 spiro atoms. The van der Waals surface area contributed by atoms with Gasteiger partial charge in [0.15, 0.2) is 0 Å². The number of carbonyl (C=O) groups excluding carboxylic acids is 1. The molecule has 5 heteroatoms. The van der Waals surface area contributed by atoms with E-state index in [1.165, 1.54) is 6.07 Å². The Morgan fingerprint density at radius 2 is 1.85 bits per heavy atom. The number of aryl methyl sites for hydroxylation is 1. The van der Waals surface area contributed by atoms with Crippen LogP contribution in [0.4, 0.5) is 8.78 Å². The maximum Gasteiger partial charge on any atom is 0.384 e. The van der Waals surface area contributed by atoms with Crippen LogP contribution in [0.15, 0.2) is 48.5 Å². The molecule has 0 N–H and O–H groups in total. The van der Waals surface area contributed by atoms with Gasteiger partial charge in [-0.2, -0.15) is 8.78 Å². The molecule has 0 atom stereocenters. The van der Waals surface area contributed by atoms with Crippen LogP contribution in [0, 0.1) is 6.92 Å². The number of hydrogen-bond acceptors (Lipinski definition) is 3. The molecule has 0 radical (unpaired) electrons. The van der Waals surface area contributed by atoms with Crippen LogP contribution in [0.3, 0.4) is 0 Å². The molecule has 104 valence electrons. The summed E-state index contributed by atoms with van der Waals surface area (Å²) < 4.78 is 32.4. The van der Waals surface area contributed by atoms with Gasteiger partial charge >= 0.3 is 11.9 Å². The van der Waals surface area contributed by atoms with E-state index in [1.807, 2.05) is 0 Å². The molecule has 0 fully saturated rings. The minimum atomic E-state index is -3.75. The maximum absolute atomic E-state index is 13.9. The van der Waals surface area contributed by atoms with Crippen molar-refractivity contribution in [3.05, 3.63) is 65.5 Å². The first-order valence-corrected chi connectivity index (χ1v) is 6.03. The molecular formula is C15H13F2NO2. The lowest BCUT2D eigenvalue weighted by Gasteiger charge is -2.15. The van der Waals surface area contributed by atoms with Gasteiger partial charge in [0.05, 0.1) is 0 Å². The van der Waals surface area contributed by atoms with Gasteiger partial charge in [-0.1, -0.05) is 36.4 Å². The number of halogens is 2. The highest BCUT2D eigenvalue weighted by Gasteiger charge is 2.44. The molecule has 1 aromatic carbocycles. The molecule has 3 nitrogen and oxygen atoms in total. The summed E-state index contributed by atoms with van der Waals surface area (Å²) in [7, 11) is 0. The van der Waals surface area contributed by atoms with E-state index in [0.717, 1.165) is 6.07 Å². The second-order valence-electron chi connectivity index (χ2n) is 4.30. The zero-order valence-electron chi connectivity index (χ0n) is 10.8. The second kappa shape index (κ2) is 5.77. The zero-order valence-corrected chi connectivity index (χ0v) is 10.8. The van der Waals surface area contributed by atoms with Crippen LogP contribution in [0.5, 0.6) is 0 Å². The molecule has 0 aliphatic heterocycles. The van der Waals surface area contributed by atoms with E-state index in [1.54, 1.807) is 43.3 Å². The molecule has 2 aromatic rings. The van der Waals surface area contributed by atoms with E-state index in [-0.39, 0.29) is 6.61 Å². The standard InChI is InChI=1S/C15H13F2NO2/c1-11-6-5-9-13(18-11)15(16,17)14(19)20-10-12-7-3-2-4-8-12/h2-9H,10H2,1H3. The van der Waals surface area contributed by atoms with E-state index in [4.69, 9.17) is 0 Å². The van der Waals surface area contributed by atoms with E-state index in [0.29, 0.717) is 11.3 Å². The monoisotopic (exact) mass is 277 g/mol. The Balaban J connectivity index is 2.07. The summed E-state index contributed by atoms with van der Waals surface area (Å²) in [6.45, 7) is 1.38. The third kappa shape index (κ3) is 3.17. The highest BCUT2D eigenvalue weighted by molar-refractivity contribution is 5.78. The first-order chi connectivity index (χ1) is 9.50. The van der Waals surface area contributed by atoms with E-state index < -0.39 is 17.6 Å². The molecule has 0 unspecified atom stereocenters. The van der Waals surface area contributed by atoms with Crippen molar-refractivity contribution in [2.45, 2.75) is 19.5 Å². The Hall–Kier alpha value is -2.30. The normalized spacial score (nSPS) is 11.2. The third-order valence-corrected chi connectivity index (χ3v) is 2.68. The Morgan fingerprint density at radius 1 is 1.15 bits per heavy atom. The number of aromatic nitrogens is 1. The van der Waals surface area contributed by atoms with Gasteiger partial charge < -0.3 is 4.74 Å². The van der Waals surface area contributed by atoms with Gasteiger partial charge in [-0.05, 0) is 24.6 Å². The summed E-state index contributed by atoms with van der Waals surface area (Å²) in [6.07, 6.45) is 0. The topological polar surface area (TPSA) is 39.2 Å². The molecule has 20 heavy (non-hydrogen) atoms. The molecule has 0 aliphatic carbocycles. The first-order valence-electron chi connectivity index (χ1n) is 6.03. The van der Waals surface area contributed by atoms with Crippen molar-refractivity contribution in [3.8, 4) is 0 Å². The Labute approximate surface area is 115 Å². The van der Waals surface area contributed by atoms with Crippen molar-refractivity contribution < 1.29 is 18.3 Å². The highest BCUT2D eigenvalue weighted by atomic mass is 19.3. The summed E-state index contributed by atoms with van der Waals surface area (Å²) in [5, 5.41) is 0. The van der Waals surface area contributed by atoms with Gasteiger partial charge in [0.2, 0.25) is 0 Å². The van der Waals surface area contributed by atoms with Crippen LogP contribution in [-0.4, -0.2) is 11.0 Å². The van der Waals surface area contributed by atoms with E-state index >= 15 is 0 Å². The summed E-state index contributed by atoms with van der Waals surface area (Å²) in [6, 6.07) is 12.8. The number of benzene rings is 1. The van der Waals surface area contributed by atoms with E-state index in [9.17, 15) is 13.6 Å². The van der Waals surface area contributed by atoms with Crippen molar-refractivity contribution >= 4 is 5.97 Å². The molecule has 0 aliphatic rings. The molecule has 1 heterocycles. The maximum atomic E-state index is 13.9. The number of carbonyl (C=O) groups is 1. The van der Waals surface area contributed by atoms with Gasteiger partial charge in [0.1, 0.15) is 12.3 Å². The summed E-state index contributed by atoms with van der Waals surface area (Å²) >= 11 is 0. The number of alkyl halides is 2. The number of rotatable bonds is 4. The number of ether oxygens (including phenoxy) is 1. The van der Waals surface area contributed by atoms with Gasteiger partial charge in [0, 0.05) is 5.69 Å². The number of esters is 1. The van der Waals surface area contributed by atoms with Gasteiger partial charge in [-0.25, -0.2) is 4.79 Å². The highest BCUT2D eigenvalue weighted by Crippen LogP contribution is 2.28. The molecule has 0 saturated carbocycles. The predicted molar refractivity (Wildman–Crippen MR) is 69.1 cm³/mol. The van der Waals surface area contributed by atoms with Crippen LogP contribution in [0.2, 0.25) is 0 Å². The third-order valence-electron chi connectivity index (χ3n) is 2.68. The average molecular weight is 277 g/mol. The van der Waals surface area contributed by atoms with Crippen molar-refractivity contribution in [2.75, 3.05) is 0 Å². The summed E-state index contributed by atoms with van der Waals surface area (Å²) in [4.78, 5) is 15.2. The van der Waals surface area contributed by atoms with Crippen molar-refractivity contribution in [1.82, 2.24) is 4.98 Å². The minimum Gasteiger partial charge on any atom is -0.456 e. The zero-order chi connectivity index (χ0) is 14.6. The summed E-state index contributed by atoms with van der Waals surface area (Å²) in [5.74, 6) is -5.35. The molecule has 0 amide bonds. The quantitative estimate of drug-likeness (QED) is 0.805. The number of nitrogens with zero attached hydrogens (tertiary/aromatic N) is 1. The Bertz CT molecular complexity index is 600. The fraction of sp³-hybridized carbons (Fsp3) is 0.200. The average Bonchev–Trinajstić information content (AvgIpc) is 2.45. The minimum absolute atomic E-state index is 0.193. The first kappa shape index (κ1) is 14.1. The molecule has 2 rings (SSSR count). The van der Waals surface area contributed by atoms with Gasteiger partial charge in [-0.3, -0.25) is 4.98 Å². The van der Waals surface area contributed by atoms with E-state index in [2.05, 4.69) is 9.72 Å². The number of pyridine rings is 1. The largest absolute Gasteiger partial charge is 0.456 e.